The Morgan fingerprint density at radius 1 is 1.26 bits per heavy atom. The van der Waals surface area contributed by atoms with E-state index in [2.05, 4.69) is 26.1 Å². The molecule has 106 valence electrons. The lowest BCUT2D eigenvalue weighted by molar-refractivity contribution is -0.122. The van der Waals surface area contributed by atoms with Gasteiger partial charge >= 0.3 is 0 Å². The van der Waals surface area contributed by atoms with Gasteiger partial charge in [0.1, 0.15) is 5.82 Å². The van der Waals surface area contributed by atoms with Gasteiger partial charge in [0.05, 0.1) is 0 Å². The Morgan fingerprint density at radius 3 is 2.37 bits per heavy atom. The molecule has 3 heteroatoms. The van der Waals surface area contributed by atoms with Gasteiger partial charge in [-0.05, 0) is 29.9 Å². The van der Waals surface area contributed by atoms with E-state index in [1.54, 1.807) is 18.2 Å². The highest BCUT2D eigenvalue weighted by molar-refractivity contribution is 5.77. The van der Waals surface area contributed by atoms with Gasteiger partial charge in [-0.15, -0.1) is 0 Å². The summed E-state index contributed by atoms with van der Waals surface area (Å²) >= 11 is 0. The van der Waals surface area contributed by atoms with Crippen molar-refractivity contribution < 1.29 is 9.18 Å². The summed E-state index contributed by atoms with van der Waals surface area (Å²) in [5, 5.41) is 2.98. The fourth-order valence-corrected chi connectivity index (χ4v) is 1.78. The summed E-state index contributed by atoms with van der Waals surface area (Å²) < 4.78 is 13.6. The Labute approximate surface area is 115 Å². The third kappa shape index (κ3) is 4.66. The van der Waals surface area contributed by atoms with Gasteiger partial charge in [0.2, 0.25) is 5.91 Å². The van der Waals surface area contributed by atoms with Gasteiger partial charge in [-0.3, -0.25) is 4.79 Å². The second-order valence-corrected chi connectivity index (χ2v) is 6.28. The number of amides is 1. The van der Waals surface area contributed by atoms with Gasteiger partial charge < -0.3 is 5.32 Å². The van der Waals surface area contributed by atoms with Crippen LogP contribution in [-0.2, 0) is 4.79 Å². The Morgan fingerprint density at radius 2 is 1.84 bits per heavy atom. The Balaban J connectivity index is 2.61. The normalized spacial score (nSPS) is 14.8. The number of hydrogen-bond acceptors (Lipinski definition) is 1. The zero-order chi connectivity index (χ0) is 14.6. The van der Waals surface area contributed by atoms with Crippen LogP contribution in [0.3, 0.4) is 0 Å². The summed E-state index contributed by atoms with van der Waals surface area (Å²) in [7, 11) is 0. The molecule has 0 saturated heterocycles. The average Bonchev–Trinajstić information content (AvgIpc) is 2.27. The SMILES string of the molecule is CC(CC(=O)NC(C)C(C)(C)C)c1ccccc1F. The Kier molecular flexibility index (Phi) is 5.10. The van der Waals surface area contributed by atoms with Crippen molar-refractivity contribution in [2.45, 2.75) is 53.0 Å². The van der Waals surface area contributed by atoms with Gasteiger partial charge in [0.25, 0.3) is 0 Å². The van der Waals surface area contributed by atoms with Crippen molar-refractivity contribution in [1.82, 2.24) is 5.32 Å². The van der Waals surface area contributed by atoms with Crippen molar-refractivity contribution >= 4 is 5.91 Å². The Bertz CT molecular complexity index is 437. The van der Waals surface area contributed by atoms with E-state index in [1.807, 2.05) is 13.8 Å². The molecule has 0 aromatic heterocycles. The fourth-order valence-electron chi connectivity index (χ4n) is 1.78. The number of rotatable bonds is 4. The van der Waals surface area contributed by atoms with Crippen molar-refractivity contribution in [1.29, 1.82) is 0 Å². The Hall–Kier alpha value is -1.38. The molecule has 1 aromatic rings. The minimum absolute atomic E-state index is 0.0247. The second kappa shape index (κ2) is 6.18. The zero-order valence-corrected chi connectivity index (χ0v) is 12.5. The van der Waals surface area contributed by atoms with E-state index >= 15 is 0 Å². The van der Waals surface area contributed by atoms with Gasteiger partial charge in [0, 0.05) is 12.5 Å². The highest BCUT2D eigenvalue weighted by Crippen LogP contribution is 2.23. The zero-order valence-electron chi connectivity index (χ0n) is 12.5. The topological polar surface area (TPSA) is 29.1 Å². The van der Waals surface area contributed by atoms with Crippen LogP contribution in [0.1, 0.15) is 52.5 Å². The smallest absolute Gasteiger partial charge is 0.220 e. The van der Waals surface area contributed by atoms with Crippen LogP contribution in [0, 0.1) is 11.2 Å². The molecule has 1 amide bonds. The summed E-state index contributed by atoms with van der Waals surface area (Å²) in [6.45, 7) is 10.1. The number of nitrogens with one attached hydrogen (secondary N) is 1. The van der Waals surface area contributed by atoms with Crippen molar-refractivity contribution in [3.05, 3.63) is 35.6 Å². The van der Waals surface area contributed by atoms with E-state index in [0.717, 1.165) is 0 Å². The molecule has 2 atom stereocenters. The van der Waals surface area contributed by atoms with Crippen molar-refractivity contribution in [3.63, 3.8) is 0 Å². The van der Waals surface area contributed by atoms with Crippen molar-refractivity contribution in [3.8, 4) is 0 Å². The number of carbonyl (C=O) groups excluding carboxylic acids is 1. The number of carbonyl (C=O) groups is 1. The maximum absolute atomic E-state index is 13.6. The molecule has 0 fully saturated rings. The van der Waals surface area contributed by atoms with Gasteiger partial charge in [-0.25, -0.2) is 4.39 Å². The van der Waals surface area contributed by atoms with Crippen LogP contribution in [0.2, 0.25) is 0 Å². The molecular formula is C16H24FNO. The first-order valence-electron chi connectivity index (χ1n) is 6.75. The standard InChI is InChI=1S/C16H24FNO/c1-11(13-8-6-7-9-14(13)17)10-15(19)18-12(2)16(3,4)5/h6-9,11-12H,10H2,1-5H3,(H,18,19). The third-order valence-electron chi connectivity index (χ3n) is 3.60. The minimum Gasteiger partial charge on any atom is -0.353 e. The van der Waals surface area contributed by atoms with Crippen LogP contribution in [0.15, 0.2) is 24.3 Å². The molecule has 0 aliphatic rings. The molecule has 0 spiro atoms. The number of benzene rings is 1. The first-order valence-corrected chi connectivity index (χ1v) is 6.75. The third-order valence-corrected chi connectivity index (χ3v) is 3.60. The second-order valence-electron chi connectivity index (χ2n) is 6.28. The highest BCUT2D eigenvalue weighted by Gasteiger charge is 2.23. The van der Waals surface area contributed by atoms with Crippen LogP contribution >= 0.6 is 0 Å². The lowest BCUT2D eigenvalue weighted by Crippen LogP contribution is -2.41. The molecule has 2 unspecified atom stereocenters. The molecule has 1 rings (SSSR count). The van der Waals surface area contributed by atoms with E-state index in [1.165, 1.54) is 6.07 Å². The fraction of sp³-hybridized carbons (Fsp3) is 0.562. The van der Waals surface area contributed by atoms with Gasteiger partial charge in [-0.1, -0.05) is 45.9 Å². The first-order chi connectivity index (χ1) is 8.71. The maximum Gasteiger partial charge on any atom is 0.220 e. The maximum atomic E-state index is 13.6. The van der Waals surface area contributed by atoms with Gasteiger partial charge in [-0.2, -0.15) is 0 Å². The molecule has 0 bridgehead atoms. The molecule has 2 nitrogen and oxygen atoms in total. The number of hydrogen-bond donors (Lipinski definition) is 1. The van der Waals surface area contributed by atoms with Crippen LogP contribution in [0.5, 0.6) is 0 Å². The van der Waals surface area contributed by atoms with E-state index in [4.69, 9.17) is 0 Å². The predicted molar refractivity (Wildman–Crippen MR) is 76.5 cm³/mol. The van der Waals surface area contributed by atoms with Crippen molar-refractivity contribution in [2.24, 2.45) is 5.41 Å². The van der Waals surface area contributed by atoms with Crippen molar-refractivity contribution in [2.75, 3.05) is 0 Å². The molecule has 1 aromatic carbocycles. The van der Waals surface area contributed by atoms with Crippen LogP contribution in [0.25, 0.3) is 0 Å². The quantitative estimate of drug-likeness (QED) is 0.879. The lowest BCUT2D eigenvalue weighted by atomic mass is 9.87. The molecule has 0 aliphatic carbocycles. The van der Waals surface area contributed by atoms with Crippen LogP contribution < -0.4 is 5.32 Å². The minimum atomic E-state index is -0.244. The van der Waals surface area contributed by atoms with Gasteiger partial charge in [0.15, 0.2) is 0 Å². The van der Waals surface area contributed by atoms with E-state index in [0.29, 0.717) is 12.0 Å². The monoisotopic (exact) mass is 265 g/mol. The van der Waals surface area contributed by atoms with E-state index < -0.39 is 0 Å². The molecule has 1 N–H and O–H groups in total. The summed E-state index contributed by atoms with van der Waals surface area (Å²) in [6, 6.07) is 6.72. The molecule has 0 radical (unpaired) electrons. The van der Waals surface area contributed by atoms with Crippen LogP contribution in [0.4, 0.5) is 4.39 Å². The lowest BCUT2D eigenvalue weighted by Gasteiger charge is -2.28. The average molecular weight is 265 g/mol. The molecule has 0 aliphatic heterocycles. The molecule has 0 saturated carbocycles. The summed E-state index contributed by atoms with van der Waals surface area (Å²) in [6.07, 6.45) is 0.307. The van der Waals surface area contributed by atoms with E-state index in [9.17, 15) is 9.18 Å². The summed E-state index contributed by atoms with van der Waals surface area (Å²) in [4.78, 5) is 12.0. The molecule has 0 heterocycles. The van der Waals surface area contributed by atoms with E-state index in [-0.39, 0.29) is 29.1 Å². The summed E-state index contributed by atoms with van der Waals surface area (Å²) in [5.74, 6) is -0.391. The molecular weight excluding hydrogens is 241 g/mol. The number of halogens is 1. The largest absolute Gasteiger partial charge is 0.353 e. The highest BCUT2D eigenvalue weighted by atomic mass is 19.1. The first kappa shape index (κ1) is 15.7. The summed E-state index contributed by atoms with van der Waals surface area (Å²) in [5.41, 5.74) is 0.623. The molecule has 19 heavy (non-hydrogen) atoms. The predicted octanol–water partition coefficient (Wildman–Crippen LogP) is 3.87. The van der Waals surface area contributed by atoms with Crippen LogP contribution in [-0.4, -0.2) is 11.9 Å².